The van der Waals surface area contributed by atoms with Crippen LogP contribution in [0.1, 0.15) is 30.6 Å². The molecule has 0 saturated heterocycles. The standard InChI is InChI=1S/C16H21N3O/c1-11-13-7-2-3-8-14(13)20-15(11)10-19-16(17)18-9-12-5-4-6-12/h2-3,7-8,12H,4-6,9-10H2,1H3,(H3,17,18,19). The van der Waals surface area contributed by atoms with Gasteiger partial charge in [0.1, 0.15) is 17.9 Å². The average Bonchev–Trinajstić information content (AvgIpc) is 2.72. The molecule has 0 spiro atoms. The smallest absolute Gasteiger partial charge is 0.189 e. The van der Waals surface area contributed by atoms with Crippen LogP contribution in [0.15, 0.2) is 33.7 Å². The van der Waals surface area contributed by atoms with Crippen LogP contribution >= 0.6 is 0 Å². The maximum absolute atomic E-state index is 5.89. The number of hydrogen-bond acceptors (Lipinski definition) is 2. The highest BCUT2D eigenvalue weighted by Crippen LogP contribution is 2.26. The maximum Gasteiger partial charge on any atom is 0.189 e. The fourth-order valence-electron chi connectivity index (χ4n) is 2.53. The van der Waals surface area contributed by atoms with E-state index in [-0.39, 0.29) is 0 Å². The second-order valence-corrected chi connectivity index (χ2v) is 5.53. The third-order valence-electron chi connectivity index (χ3n) is 4.13. The van der Waals surface area contributed by atoms with Gasteiger partial charge in [-0.2, -0.15) is 0 Å². The molecule has 1 aliphatic rings. The third kappa shape index (κ3) is 2.64. The number of nitrogens with one attached hydrogen (secondary N) is 1. The zero-order chi connectivity index (χ0) is 13.9. The lowest BCUT2D eigenvalue weighted by atomic mass is 9.85. The SMILES string of the molecule is Cc1c(CN=C(N)NCC2CCC2)oc2ccccc12. The first-order valence-electron chi connectivity index (χ1n) is 7.25. The first kappa shape index (κ1) is 13.0. The topological polar surface area (TPSA) is 63.5 Å². The van der Waals surface area contributed by atoms with Crippen molar-refractivity contribution in [3.63, 3.8) is 0 Å². The maximum atomic E-state index is 5.89. The van der Waals surface area contributed by atoms with Crippen LogP contribution in [-0.2, 0) is 6.54 Å². The molecule has 0 bridgehead atoms. The number of rotatable bonds is 4. The Kier molecular flexibility index (Phi) is 3.63. The number of para-hydroxylation sites is 1. The highest BCUT2D eigenvalue weighted by Gasteiger charge is 2.16. The number of fused-ring (bicyclic) bond motifs is 1. The number of hydrogen-bond donors (Lipinski definition) is 2. The van der Waals surface area contributed by atoms with Gasteiger partial charge in [0.15, 0.2) is 5.96 Å². The molecule has 1 aromatic carbocycles. The molecular formula is C16H21N3O. The van der Waals surface area contributed by atoms with E-state index in [0.29, 0.717) is 12.5 Å². The Bertz CT molecular complexity index is 626. The van der Waals surface area contributed by atoms with Crippen molar-refractivity contribution < 1.29 is 4.42 Å². The molecule has 106 valence electrons. The van der Waals surface area contributed by atoms with Crippen LogP contribution < -0.4 is 11.1 Å². The van der Waals surface area contributed by atoms with Gasteiger partial charge in [-0.1, -0.05) is 24.6 Å². The highest BCUT2D eigenvalue weighted by atomic mass is 16.3. The lowest BCUT2D eigenvalue weighted by molar-refractivity contribution is 0.315. The first-order valence-corrected chi connectivity index (χ1v) is 7.25. The van der Waals surface area contributed by atoms with Crippen molar-refractivity contribution in [2.24, 2.45) is 16.6 Å². The number of nitrogens with two attached hydrogens (primary N) is 1. The van der Waals surface area contributed by atoms with Crippen molar-refractivity contribution in [3.8, 4) is 0 Å². The predicted octanol–water partition coefficient (Wildman–Crippen LogP) is 2.95. The third-order valence-corrected chi connectivity index (χ3v) is 4.13. The highest BCUT2D eigenvalue weighted by molar-refractivity contribution is 5.82. The first-order chi connectivity index (χ1) is 9.74. The van der Waals surface area contributed by atoms with Gasteiger partial charge < -0.3 is 15.5 Å². The van der Waals surface area contributed by atoms with Gasteiger partial charge in [0.2, 0.25) is 0 Å². The van der Waals surface area contributed by atoms with E-state index in [2.05, 4.69) is 23.3 Å². The summed E-state index contributed by atoms with van der Waals surface area (Å²) >= 11 is 0. The Morgan fingerprint density at radius 1 is 1.40 bits per heavy atom. The molecule has 1 heterocycles. The van der Waals surface area contributed by atoms with Crippen LogP contribution in [0.2, 0.25) is 0 Å². The van der Waals surface area contributed by atoms with Gasteiger partial charge in [0, 0.05) is 17.5 Å². The molecule has 0 unspecified atom stereocenters. The minimum absolute atomic E-state index is 0.490. The molecule has 1 saturated carbocycles. The molecule has 1 aromatic heterocycles. The summed E-state index contributed by atoms with van der Waals surface area (Å²) in [4.78, 5) is 4.37. The van der Waals surface area contributed by atoms with E-state index >= 15 is 0 Å². The molecular weight excluding hydrogens is 250 g/mol. The summed E-state index contributed by atoms with van der Waals surface area (Å²) in [7, 11) is 0. The molecule has 1 fully saturated rings. The van der Waals surface area contributed by atoms with Gasteiger partial charge >= 0.3 is 0 Å². The Hall–Kier alpha value is -1.97. The second kappa shape index (κ2) is 5.57. The molecule has 2 aromatic rings. The normalized spacial score (nSPS) is 16.4. The molecule has 1 aliphatic carbocycles. The monoisotopic (exact) mass is 271 g/mol. The molecule has 0 radical (unpaired) electrons. The zero-order valence-corrected chi connectivity index (χ0v) is 11.9. The molecule has 4 nitrogen and oxygen atoms in total. The van der Waals surface area contributed by atoms with E-state index < -0.39 is 0 Å². The summed E-state index contributed by atoms with van der Waals surface area (Å²) in [5.74, 6) is 2.17. The Morgan fingerprint density at radius 3 is 2.90 bits per heavy atom. The van der Waals surface area contributed by atoms with E-state index in [1.165, 1.54) is 19.3 Å². The Morgan fingerprint density at radius 2 is 2.20 bits per heavy atom. The molecule has 20 heavy (non-hydrogen) atoms. The number of guanidine groups is 1. The largest absolute Gasteiger partial charge is 0.459 e. The van der Waals surface area contributed by atoms with Crippen LogP contribution in [0, 0.1) is 12.8 Å². The van der Waals surface area contributed by atoms with Crippen LogP contribution in [0.3, 0.4) is 0 Å². The number of aryl methyl sites for hydroxylation is 1. The van der Waals surface area contributed by atoms with Crippen molar-refractivity contribution in [1.29, 1.82) is 0 Å². The number of benzene rings is 1. The van der Waals surface area contributed by atoms with Gasteiger partial charge in [0.05, 0.1) is 0 Å². The summed E-state index contributed by atoms with van der Waals surface area (Å²) in [6.07, 6.45) is 3.97. The van der Waals surface area contributed by atoms with Gasteiger partial charge in [-0.25, -0.2) is 4.99 Å². The van der Waals surface area contributed by atoms with Crippen molar-refractivity contribution in [2.45, 2.75) is 32.7 Å². The summed E-state index contributed by atoms with van der Waals surface area (Å²) < 4.78 is 5.82. The minimum Gasteiger partial charge on any atom is -0.459 e. The summed E-state index contributed by atoms with van der Waals surface area (Å²) in [5.41, 5.74) is 7.95. The molecule has 4 heteroatoms. The summed E-state index contributed by atoms with van der Waals surface area (Å²) in [6, 6.07) is 8.05. The predicted molar refractivity (Wildman–Crippen MR) is 81.6 cm³/mol. The van der Waals surface area contributed by atoms with Crippen LogP contribution in [-0.4, -0.2) is 12.5 Å². The second-order valence-electron chi connectivity index (χ2n) is 5.53. The van der Waals surface area contributed by atoms with E-state index in [4.69, 9.17) is 10.2 Å². The van der Waals surface area contributed by atoms with E-state index in [0.717, 1.165) is 34.8 Å². The van der Waals surface area contributed by atoms with Crippen LogP contribution in [0.25, 0.3) is 11.0 Å². The number of furan rings is 1. The molecule has 3 N–H and O–H groups in total. The molecule has 3 rings (SSSR count). The fourth-order valence-corrected chi connectivity index (χ4v) is 2.53. The van der Waals surface area contributed by atoms with Crippen LogP contribution in [0.4, 0.5) is 0 Å². The van der Waals surface area contributed by atoms with Gasteiger partial charge in [-0.3, -0.25) is 0 Å². The summed E-state index contributed by atoms with van der Waals surface area (Å²) in [6.45, 7) is 3.49. The van der Waals surface area contributed by atoms with E-state index in [1.807, 2.05) is 18.2 Å². The molecule has 0 aliphatic heterocycles. The fraction of sp³-hybridized carbons (Fsp3) is 0.438. The van der Waals surface area contributed by atoms with E-state index in [9.17, 15) is 0 Å². The minimum atomic E-state index is 0.490. The lowest BCUT2D eigenvalue weighted by Crippen LogP contribution is -2.37. The van der Waals surface area contributed by atoms with Crippen molar-refractivity contribution in [3.05, 3.63) is 35.6 Å². The Labute approximate surface area is 119 Å². The van der Waals surface area contributed by atoms with Gasteiger partial charge in [0.25, 0.3) is 0 Å². The zero-order valence-electron chi connectivity index (χ0n) is 11.9. The van der Waals surface area contributed by atoms with Gasteiger partial charge in [-0.05, 0) is 31.7 Å². The number of aliphatic imine (C=N–C) groups is 1. The lowest BCUT2D eigenvalue weighted by Gasteiger charge is -2.25. The van der Waals surface area contributed by atoms with Gasteiger partial charge in [-0.15, -0.1) is 0 Å². The summed E-state index contributed by atoms with van der Waals surface area (Å²) in [5, 5.41) is 4.35. The quantitative estimate of drug-likeness (QED) is 0.664. The molecule has 0 amide bonds. The Balaban J connectivity index is 1.64. The van der Waals surface area contributed by atoms with Crippen molar-refractivity contribution in [1.82, 2.24) is 5.32 Å². The van der Waals surface area contributed by atoms with Crippen LogP contribution in [0.5, 0.6) is 0 Å². The average molecular weight is 271 g/mol. The van der Waals surface area contributed by atoms with Crippen molar-refractivity contribution in [2.75, 3.05) is 6.54 Å². The number of nitrogens with zero attached hydrogens (tertiary/aromatic N) is 1. The molecule has 0 atom stereocenters. The van der Waals surface area contributed by atoms with Crippen molar-refractivity contribution >= 4 is 16.9 Å². The van der Waals surface area contributed by atoms with E-state index in [1.54, 1.807) is 0 Å².